The SMILES string of the molecule is CNc1cc(Sc2cccs2)nc(C(F)(F)F)n1. The van der Waals surface area contributed by atoms with E-state index in [1.807, 2.05) is 17.5 Å². The maximum Gasteiger partial charge on any atom is 0.451 e. The molecule has 0 aliphatic heterocycles. The molecule has 2 aromatic rings. The third-order valence-electron chi connectivity index (χ3n) is 1.91. The van der Waals surface area contributed by atoms with Crippen LogP contribution in [-0.2, 0) is 6.18 Å². The van der Waals surface area contributed by atoms with E-state index >= 15 is 0 Å². The topological polar surface area (TPSA) is 37.8 Å². The maximum absolute atomic E-state index is 12.6. The molecule has 3 nitrogen and oxygen atoms in total. The molecule has 96 valence electrons. The molecule has 0 aromatic carbocycles. The van der Waals surface area contributed by atoms with Gasteiger partial charge in [0.05, 0.1) is 4.21 Å². The van der Waals surface area contributed by atoms with Crippen LogP contribution in [-0.4, -0.2) is 17.0 Å². The van der Waals surface area contributed by atoms with Gasteiger partial charge in [0.2, 0.25) is 5.82 Å². The van der Waals surface area contributed by atoms with Crippen LogP contribution < -0.4 is 5.32 Å². The summed E-state index contributed by atoms with van der Waals surface area (Å²) in [5.41, 5.74) is 0. The van der Waals surface area contributed by atoms with Gasteiger partial charge in [-0.3, -0.25) is 0 Å². The van der Waals surface area contributed by atoms with Crippen LogP contribution in [0.15, 0.2) is 32.8 Å². The van der Waals surface area contributed by atoms with Gasteiger partial charge < -0.3 is 5.32 Å². The van der Waals surface area contributed by atoms with Gasteiger partial charge in [0.1, 0.15) is 10.8 Å². The highest BCUT2D eigenvalue weighted by Gasteiger charge is 2.35. The summed E-state index contributed by atoms with van der Waals surface area (Å²) in [5.74, 6) is -0.982. The van der Waals surface area contributed by atoms with Crippen LogP contribution >= 0.6 is 23.1 Å². The van der Waals surface area contributed by atoms with Crippen LogP contribution in [0.5, 0.6) is 0 Å². The lowest BCUT2D eigenvalue weighted by Gasteiger charge is -2.09. The van der Waals surface area contributed by atoms with E-state index in [4.69, 9.17) is 0 Å². The maximum atomic E-state index is 12.6. The molecule has 0 bridgehead atoms. The number of hydrogen-bond donors (Lipinski definition) is 1. The number of halogens is 3. The predicted octanol–water partition coefficient (Wildman–Crippen LogP) is 3.75. The Balaban J connectivity index is 2.35. The van der Waals surface area contributed by atoms with Gasteiger partial charge in [-0.25, -0.2) is 9.97 Å². The minimum atomic E-state index is -4.54. The summed E-state index contributed by atoms with van der Waals surface area (Å²) in [7, 11) is 1.52. The van der Waals surface area contributed by atoms with Gasteiger partial charge in [-0.05, 0) is 11.4 Å². The summed E-state index contributed by atoms with van der Waals surface area (Å²) in [4.78, 5) is 6.92. The van der Waals surface area contributed by atoms with Gasteiger partial charge in [-0.2, -0.15) is 13.2 Å². The van der Waals surface area contributed by atoms with Crippen molar-refractivity contribution in [1.29, 1.82) is 0 Å². The third kappa shape index (κ3) is 3.14. The molecule has 0 radical (unpaired) electrons. The zero-order valence-corrected chi connectivity index (χ0v) is 10.8. The van der Waals surface area contributed by atoms with Gasteiger partial charge in [0.25, 0.3) is 0 Å². The Hall–Kier alpha value is -1.28. The number of nitrogens with zero attached hydrogens (tertiary/aromatic N) is 2. The molecule has 0 amide bonds. The van der Waals surface area contributed by atoms with E-state index in [0.29, 0.717) is 0 Å². The molecular weight excluding hydrogens is 283 g/mol. The molecule has 1 N–H and O–H groups in total. The number of rotatable bonds is 3. The Morgan fingerprint density at radius 3 is 2.67 bits per heavy atom. The molecule has 8 heteroatoms. The van der Waals surface area contributed by atoms with E-state index in [1.54, 1.807) is 0 Å². The van der Waals surface area contributed by atoms with Gasteiger partial charge in [-0.15, -0.1) is 11.3 Å². The molecule has 2 heterocycles. The van der Waals surface area contributed by atoms with Gasteiger partial charge >= 0.3 is 6.18 Å². The van der Waals surface area contributed by atoms with Gasteiger partial charge in [0.15, 0.2) is 0 Å². The number of hydrogen-bond acceptors (Lipinski definition) is 5. The lowest BCUT2D eigenvalue weighted by molar-refractivity contribution is -0.145. The first-order valence-electron chi connectivity index (χ1n) is 4.84. The van der Waals surface area contributed by atoms with Crippen molar-refractivity contribution >= 4 is 28.9 Å². The first kappa shape index (κ1) is 13.2. The standard InChI is InChI=1S/C10H8F3N3S2/c1-14-6-5-7(18-8-3-2-4-17-8)16-9(15-6)10(11,12)13/h2-5H,1H3,(H,14,15,16). The lowest BCUT2D eigenvalue weighted by atomic mass is 10.5. The highest BCUT2D eigenvalue weighted by atomic mass is 32.2. The molecule has 0 aliphatic carbocycles. The number of alkyl halides is 3. The predicted molar refractivity (Wildman–Crippen MR) is 65.0 cm³/mol. The van der Waals surface area contributed by atoms with Gasteiger partial charge in [-0.1, -0.05) is 17.8 Å². The summed E-state index contributed by atoms with van der Waals surface area (Å²) in [6, 6.07) is 5.14. The second kappa shape index (κ2) is 5.15. The van der Waals surface area contributed by atoms with E-state index in [0.717, 1.165) is 4.21 Å². The minimum Gasteiger partial charge on any atom is -0.373 e. The van der Waals surface area contributed by atoms with Crippen molar-refractivity contribution in [3.05, 3.63) is 29.4 Å². The molecule has 0 saturated carbocycles. The number of nitrogens with one attached hydrogen (secondary N) is 1. The van der Waals surface area contributed by atoms with Crippen molar-refractivity contribution in [2.45, 2.75) is 15.4 Å². The molecule has 2 rings (SSSR count). The lowest BCUT2D eigenvalue weighted by Crippen LogP contribution is -2.12. The Labute approximate surface area is 109 Å². The van der Waals surface area contributed by atoms with E-state index < -0.39 is 12.0 Å². The monoisotopic (exact) mass is 291 g/mol. The van der Waals surface area contributed by atoms with Crippen LogP contribution in [0.2, 0.25) is 0 Å². The zero-order chi connectivity index (χ0) is 13.2. The Bertz CT molecular complexity index is 526. The van der Waals surface area contributed by atoms with Crippen LogP contribution in [0.3, 0.4) is 0 Å². The molecule has 0 atom stereocenters. The zero-order valence-electron chi connectivity index (χ0n) is 9.15. The first-order chi connectivity index (χ1) is 8.49. The average Bonchev–Trinajstić information content (AvgIpc) is 2.80. The summed E-state index contributed by atoms with van der Waals surface area (Å²) in [5, 5.41) is 4.72. The van der Waals surface area contributed by atoms with Crippen LogP contribution in [0.1, 0.15) is 5.82 Å². The molecule has 0 spiro atoms. The molecule has 0 saturated heterocycles. The molecule has 0 unspecified atom stereocenters. The van der Waals surface area contributed by atoms with Crippen molar-refractivity contribution < 1.29 is 13.2 Å². The van der Waals surface area contributed by atoms with Crippen molar-refractivity contribution in [3.63, 3.8) is 0 Å². The molecule has 0 aliphatic rings. The highest BCUT2D eigenvalue weighted by Crippen LogP contribution is 2.34. The van der Waals surface area contributed by atoms with Crippen molar-refractivity contribution in [2.24, 2.45) is 0 Å². The molecular formula is C10H8F3N3S2. The fourth-order valence-electron chi connectivity index (χ4n) is 1.16. The van der Waals surface area contributed by atoms with Crippen LogP contribution in [0, 0.1) is 0 Å². The van der Waals surface area contributed by atoms with Crippen LogP contribution in [0.4, 0.5) is 19.0 Å². The summed E-state index contributed by atoms with van der Waals surface area (Å²) >= 11 is 2.63. The summed E-state index contributed by atoms with van der Waals surface area (Å²) < 4.78 is 38.7. The molecule has 2 aromatic heterocycles. The fraction of sp³-hybridized carbons (Fsp3) is 0.200. The Morgan fingerprint density at radius 2 is 2.11 bits per heavy atom. The Morgan fingerprint density at radius 1 is 1.33 bits per heavy atom. The number of aromatic nitrogens is 2. The second-order valence-electron chi connectivity index (χ2n) is 3.20. The van der Waals surface area contributed by atoms with E-state index in [-0.39, 0.29) is 10.8 Å². The van der Waals surface area contributed by atoms with Crippen molar-refractivity contribution in [3.8, 4) is 0 Å². The summed E-state index contributed by atoms with van der Waals surface area (Å²) in [6.07, 6.45) is -4.54. The normalized spacial score (nSPS) is 11.6. The van der Waals surface area contributed by atoms with E-state index in [1.165, 1.54) is 36.2 Å². The smallest absolute Gasteiger partial charge is 0.373 e. The number of thiophene rings is 1. The molecule has 18 heavy (non-hydrogen) atoms. The molecule has 0 fully saturated rings. The van der Waals surface area contributed by atoms with E-state index in [9.17, 15) is 13.2 Å². The van der Waals surface area contributed by atoms with Crippen molar-refractivity contribution in [1.82, 2.24) is 9.97 Å². The van der Waals surface area contributed by atoms with Crippen molar-refractivity contribution in [2.75, 3.05) is 12.4 Å². The third-order valence-corrected chi connectivity index (χ3v) is 3.87. The van der Waals surface area contributed by atoms with E-state index in [2.05, 4.69) is 15.3 Å². The largest absolute Gasteiger partial charge is 0.451 e. The Kier molecular flexibility index (Phi) is 3.76. The average molecular weight is 291 g/mol. The fourth-order valence-corrected chi connectivity index (χ4v) is 2.88. The first-order valence-corrected chi connectivity index (χ1v) is 6.54. The van der Waals surface area contributed by atoms with Crippen LogP contribution in [0.25, 0.3) is 0 Å². The quantitative estimate of drug-likeness (QED) is 0.874. The minimum absolute atomic E-state index is 0.149. The highest BCUT2D eigenvalue weighted by molar-refractivity contribution is 8.01. The summed E-state index contributed by atoms with van der Waals surface area (Å²) in [6.45, 7) is 0. The second-order valence-corrected chi connectivity index (χ2v) is 5.47. The number of anilines is 1. The van der Waals surface area contributed by atoms with Gasteiger partial charge in [0, 0.05) is 13.1 Å².